The Hall–Kier alpha value is -3.30. The maximum absolute atomic E-state index is 12.5. The molecule has 0 saturated carbocycles. The third kappa shape index (κ3) is 4.76. The summed E-state index contributed by atoms with van der Waals surface area (Å²) < 4.78 is 16.2. The lowest BCUT2D eigenvalue weighted by molar-refractivity contribution is 0.0475. The fourth-order valence-electron chi connectivity index (χ4n) is 2.83. The molecule has 1 N–H and O–H groups in total. The zero-order valence-electron chi connectivity index (χ0n) is 16.1. The molecule has 0 saturated heterocycles. The van der Waals surface area contributed by atoms with Crippen LogP contribution in [0.1, 0.15) is 27.1 Å². The Balaban J connectivity index is 1.73. The van der Waals surface area contributed by atoms with Gasteiger partial charge in [-0.05, 0) is 36.4 Å². The van der Waals surface area contributed by atoms with Crippen LogP contribution in [-0.4, -0.2) is 50.9 Å². The highest BCUT2D eigenvalue weighted by atomic mass is 16.8. The normalized spacial score (nSPS) is 12.7. The molecule has 0 bridgehead atoms. The summed E-state index contributed by atoms with van der Waals surface area (Å²) in [5.41, 5.74) is 0.721. The molecule has 9 heteroatoms. The first kappa shape index (κ1) is 20.4. The monoisotopic (exact) mass is 401 g/mol. The fourth-order valence-corrected chi connectivity index (χ4v) is 2.83. The molecule has 0 spiro atoms. The smallest absolute Gasteiger partial charge is 0.340 e. The van der Waals surface area contributed by atoms with E-state index in [0.717, 1.165) is 6.42 Å². The zero-order chi connectivity index (χ0) is 21.0. The van der Waals surface area contributed by atoms with Gasteiger partial charge in [-0.1, -0.05) is 0 Å². The highest BCUT2D eigenvalue weighted by molar-refractivity contribution is 6.01. The molecule has 29 heavy (non-hydrogen) atoms. The summed E-state index contributed by atoms with van der Waals surface area (Å²) in [6, 6.07) is 8.84. The van der Waals surface area contributed by atoms with Crippen LogP contribution >= 0.6 is 0 Å². The highest BCUT2D eigenvalue weighted by Crippen LogP contribution is 2.30. The van der Waals surface area contributed by atoms with Crippen molar-refractivity contribution in [2.24, 2.45) is 0 Å². The van der Waals surface area contributed by atoms with Crippen molar-refractivity contribution in [1.29, 1.82) is 0 Å². The van der Waals surface area contributed by atoms with Gasteiger partial charge in [0.05, 0.1) is 30.2 Å². The van der Waals surface area contributed by atoms with Gasteiger partial charge in [-0.3, -0.25) is 10.0 Å². The van der Waals surface area contributed by atoms with Crippen LogP contribution < -0.4 is 19.6 Å². The van der Waals surface area contributed by atoms with Crippen molar-refractivity contribution in [2.75, 3.05) is 44.0 Å². The average molecular weight is 401 g/mol. The van der Waals surface area contributed by atoms with Gasteiger partial charge in [0, 0.05) is 26.1 Å². The second-order valence-electron chi connectivity index (χ2n) is 6.58. The number of Topliss-reactive ketones (excluding diaryl/α,β-unsaturated/α-hetero) is 1. The Labute approximate surface area is 167 Å². The van der Waals surface area contributed by atoms with Crippen LogP contribution in [0.4, 0.5) is 11.4 Å². The molecule has 0 fully saturated rings. The Morgan fingerprint density at radius 2 is 1.83 bits per heavy atom. The SMILES string of the molecule is CN(C)c1ccc(N([O-])O)cc1C(=O)OCC(=O)c1ccc2c(c1)OCCCO2. The lowest BCUT2D eigenvalue weighted by atomic mass is 10.1. The number of ketones is 1. The predicted octanol–water partition coefficient (Wildman–Crippen LogP) is 2.65. The van der Waals surface area contributed by atoms with E-state index in [1.165, 1.54) is 18.2 Å². The zero-order valence-corrected chi connectivity index (χ0v) is 16.1. The van der Waals surface area contributed by atoms with Crippen LogP contribution in [0.25, 0.3) is 0 Å². The van der Waals surface area contributed by atoms with Gasteiger partial charge in [-0.2, -0.15) is 0 Å². The molecule has 0 unspecified atom stereocenters. The van der Waals surface area contributed by atoms with E-state index in [-0.39, 0.29) is 16.5 Å². The maximum atomic E-state index is 12.5. The summed E-state index contributed by atoms with van der Waals surface area (Å²) in [5, 5.41) is 19.9. The predicted molar refractivity (Wildman–Crippen MR) is 105 cm³/mol. The van der Waals surface area contributed by atoms with Crippen molar-refractivity contribution >= 4 is 23.1 Å². The lowest BCUT2D eigenvalue weighted by Crippen LogP contribution is -2.19. The van der Waals surface area contributed by atoms with Crippen molar-refractivity contribution in [3.05, 3.63) is 52.7 Å². The second-order valence-corrected chi connectivity index (χ2v) is 6.58. The minimum atomic E-state index is -0.792. The van der Waals surface area contributed by atoms with Crippen LogP contribution in [0.2, 0.25) is 0 Å². The lowest BCUT2D eigenvalue weighted by Gasteiger charge is -2.24. The van der Waals surface area contributed by atoms with Crippen molar-refractivity contribution in [2.45, 2.75) is 6.42 Å². The Morgan fingerprint density at radius 3 is 2.52 bits per heavy atom. The fraction of sp³-hybridized carbons (Fsp3) is 0.300. The molecule has 0 radical (unpaired) electrons. The number of carbonyl (C=O) groups is 2. The number of rotatable bonds is 6. The minimum absolute atomic E-state index is 0.0499. The Kier molecular flexibility index (Phi) is 6.20. The van der Waals surface area contributed by atoms with Crippen LogP contribution in [0, 0.1) is 5.21 Å². The molecular formula is C20H21N2O7-. The third-order valence-electron chi connectivity index (χ3n) is 4.31. The summed E-state index contributed by atoms with van der Waals surface area (Å²) in [6.07, 6.45) is 0.747. The molecule has 3 rings (SSSR count). The summed E-state index contributed by atoms with van der Waals surface area (Å²) in [7, 11) is 3.42. The molecule has 1 heterocycles. The molecular weight excluding hydrogens is 380 g/mol. The van der Waals surface area contributed by atoms with E-state index in [4.69, 9.17) is 19.4 Å². The van der Waals surface area contributed by atoms with E-state index in [0.29, 0.717) is 36.0 Å². The molecule has 0 aromatic heterocycles. The number of hydrogen-bond acceptors (Lipinski definition) is 9. The molecule has 2 aromatic rings. The standard InChI is InChI=1S/C20H21N2O7/c1-21(2)16-6-5-14(22(25)26)11-15(16)20(24)29-12-17(23)13-4-7-18-19(10-13)28-9-3-8-27-18/h4-7,10-11,25H,3,8-9,12H2,1-2H3/q-1. The van der Waals surface area contributed by atoms with Gasteiger partial charge in [0.1, 0.15) is 0 Å². The van der Waals surface area contributed by atoms with Crippen LogP contribution in [0.5, 0.6) is 11.5 Å². The van der Waals surface area contributed by atoms with Crippen molar-refractivity contribution in [3.8, 4) is 11.5 Å². The minimum Gasteiger partial charge on any atom is -0.733 e. The molecule has 0 aliphatic carbocycles. The van der Waals surface area contributed by atoms with Gasteiger partial charge < -0.3 is 29.5 Å². The van der Waals surface area contributed by atoms with E-state index < -0.39 is 18.4 Å². The number of esters is 1. The quantitative estimate of drug-likeness (QED) is 0.443. The van der Waals surface area contributed by atoms with E-state index >= 15 is 0 Å². The number of anilines is 2. The van der Waals surface area contributed by atoms with Crippen LogP contribution in [0.15, 0.2) is 36.4 Å². The largest absolute Gasteiger partial charge is 0.733 e. The first-order valence-corrected chi connectivity index (χ1v) is 8.94. The topological polar surface area (TPSA) is 112 Å². The molecule has 0 amide bonds. The summed E-state index contributed by atoms with van der Waals surface area (Å²) in [5.74, 6) is -0.167. The van der Waals surface area contributed by atoms with Gasteiger partial charge >= 0.3 is 5.97 Å². The Bertz CT molecular complexity index is 912. The molecule has 9 nitrogen and oxygen atoms in total. The maximum Gasteiger partial charge on any atom is 0.340 e. The van der Waals surface area contributed by atoms with Crippen molar-refractivity contribution in [1.82, 2.24) is 0 Å². The number of fused-ring (bicyclic) bond motifs is 1. The number of benzene rings is 2. The first-order valence-electron chi connectivity index (χ1n) is 8.94. The molecule has 1 aliphatic heterocycles. The van der Waals surface area contributed by atoms with Gasteiger partial charge in [0.25, 0.3) is 0 Å². The highest BCUT2D eigenvalue weighted by Gasteiger charge is 2.19. The van der Waals surface area contributed by atoms with Gasteiger partial charge in [0.2, 0.25) is 0 Å². The van der Waals surface area contributed by atoms with Crippen LogP contribution in [-0.2, 0) is 4.74 Å². The summed E-state index contributed by atoms with van der Waals surface area (Å²) in [4.78, 5) is 26.6. The molecule has 0 atom stereocenters. The van der Waals surface area contributed by atoms with E-state index in [9.17, 15) is 14.8 Å². The van der Waals surface area contributed by atoms with Crippen molar-refractivity contribution < 1.29 is 29.0 Å². The molecule has 2 aromatic carbocycles. The summed E-state index contributed by atoms with van der Waals surface area (Å²) in [6.45, 7) is 0.542. The number of ether oxygens (including phenoxy) is 3. The number of hydrogen-bond donors (Lipinski definition) is 1. The number of nitrogens with zero attached hydrogens (tertiary/aromatic N) is 2. The summed E-state index contributed by atoms with van der Waals surface area (Å²) >= 11 is 0. The average Bonchev–Trinajstić information content (AvgIpc) is 2.95. The van der Waals surface area contributed by atoms with Gasteiger partial charge in [0.15, 0.2) is 23.9 Å². The molecule has 1 aliphatic rings. The molecule has 154 valence electrons. The van der Waals surface area contributed by atoms with Crippen molar-refractivity contribution in [3.63, 3.8) is 0 Å². The third-order valence-corrected chi connectivity index (χ3v) is 4.31. The first-order chi connectivity index (χ1) is 13.9. The Morgan fingerprint density at radius 1 is 1.10 bits per heavy atom. The number of carbonyl (C=O) groups excluding carboxylic acids is 2. The van der Waals surface area contributed by atoms with E-state index in [1.807, 2.05) is 0 Å². The van der Waals surface area contributed by atoms with E-state index in [2.05, 4.69) is 0 Å². The van der Waals surface area contributed by atoms with Gasteiger partial charge in [-0.25, -0.2) is 4.79 Å². The van der Waals surface area contributed by atoms with Gasteiger partial charge in [-0.15, -0.1) is 0 Å². The van der Waals surface area contributed by atoms with E-state index in [1.54, 1.807) is 37.2 Å². The second kappa shape index (κ2) is 8.80. The van der Waals surface area contributed by atoms with Crippen LogP contribution in [0.3, 0.4) is 0 Å².